The van der Waals surface area contributed by atoms with Gasteiger partial charge in [0.1, 0.15) is 0 Å². The van der Waals surface area contributed by atoms with Gasteiger partial charge in [0.2, 0.25) is 5.95 Å². The molecule has 0 saturated carbocycles. The smallest absolute Gasteiger partial charge is 0.258 e. The van der Waals surface area contributed by atoms with E-state index in [0.717, 1.165) is 11.3 Å². The van der Waals surface area contributed by atoms with Crippen molar-refractivity contribution in [2.24, 2.45) is 0 Å². The van der Waals surface area contributed by atoms with Crippen LogP contribution in [-0.4, -0.2) is 25.7 Å². The molecule has 126 valence electrons. The molecule has 1 N–H and O–H groups in total. The summed E-state index contributed by atoms with van der Waals surface area (Å²) >= 11 is 0. The molecule has 0 aliphatic carbocycles. The molecule has 0 spiro atoms. The lowest BCUT2D eigenvalue weighted by molar-refractivity contribution is 0.102. The molecule has 1 amide bonds. The number of anilines is 1. The fraction of sp³-hybridized carbons (Fsp3) is 0. The van der Waals surface area contributed by atoms with Gasteiger partial charge in [-0.3, -0.25) is 15.1 Å². The Balaban J connectivity index is 1.73. The van der Waals surface area contributed by atoms with E-state index in [1.54, 1.807) is 29.2 Å². The maximum Gasteiger partial charge on any atom is 0.258 e. The van der Waals surface area contributed by atoms with Crippen molar-refractivity contribution in [2.45, 2.75) is 0 Å². The quantitative estimate of drug-likeness (QED) is 0.616. The number of para-hydroxylation sites is 1. The Morgan fingerprint density at radius 3 is 2.31 bits per heavy atom. The van der Waals surface area contributed by atoms with E-state index in [-0.39, 0.29) is 11.9 Å². The van der Waals surface area contributed by atoms with Crippen LogP contribution >= 0.6 is 0 Å². The van der Waals surface area contributed by atoms with Crippen LogP contribution < -0.4 is 5.32 Å². The van der Waals surface area contributed by atoms with Gasteiger partial charge in [0.05, 0.1) is 5.69 Å². The maximum atomic E-state index is 12.4. The van der Waals surface area contributed by atoms with Crippen LogP contribution in [0.4, 0.5) is 5.95 Å². The lowest BCUT2D eigenvalue weighted by atomic mass is 10.2. The first kappa shape index (κ1) is 15.7. The minimum atomic E-state index is -0.256. The molecule has 2 aromatic carbocycles. The van der Waals surface area contributed by atoms with Gasteiger partial charge in [-0.25, -0.2) is 4.68 Å². The van der Waals surface area contributed by atoms with Gasteiger partial charge in [0.15, 0.2) is 5.82 Å². The number of nitrogens with one attached hydrogen (secondary N) is 1. The highest BCUT2D eigenvalue weighted by Gasteiger charge is 2.16. The first-order chi connectivity index (χ1) is 12.8. The van der Waals surface area contributed by atoms with Gasteiger partial charge >= 0.3 is 0 Å². The van der Waals surface area contributed by atoms with Crippen molar-refractivity contribution in [2.75, 3.05) is 5.32 Å². The third-order valence-electron chi connectivity index (χ3n) is 3.79. The highest BCUT2D eigenvalue weighted by molar-refractivity contribution is 6.03. The van der Waals surface area contributed by atoms with Crippen LogP contribution in [0.25, 0.3) is 17.1 Å². The Labute approximate surface area is 150 Å². The monoisotopic (exact) mass is 341 g/mol. The van der Waals surface area contributed by atoms with Gasteiger partial charge in [0.25, 0.3) is 5.91 Å². The molecule has 0 radical (unpaired) electrons. The second-order valence-electron chi connectivity index (χ2n) is 5.57. The summed E-state index contributed by atoms with van der Waals surface area (Å²) < 4.78 is 1.69. The van der Waals surface area contributed by atoms with E-state index in [1.165, 1.54) is 0 Å². The lowest BCUT2D eigenvalue weighted by Crippen LogP contribution is -2.13. The fourth-order valence-electron chi connectivity index (χ4n) is 2.56. The zero-order valence-electron chi connectivity index (χ0n) is 13.8. The molecule has 0 fully saturated rings. The van der Waals surface area contributed by atoms with Gasteiger partial charge in [0, 0.05) is 23.5 Å². The fourth-order valence-corrected chi connectivity index (χ4v) is 2.56. The van der Waals surface area contributed by atoms with Crippen molar-refractivity contribution in [3.8, 4) is 17.1 Å². The Morgan fingerprint density at radius 2 is 1.62 bits per heavy atom. The van der Waals surface area contributed by atoms with Crippen molar-refractivity contribution < 1.29 is 4.79 Å². The lowest BCUT2D eigenvalue weighted by Gasteiger charge is -2.04. The maximum absolute atomic E-state index is 12.4. The highest BCUT2D eigenvalue weighted by atomic mass is 16.1. The number of hydrogen-bond donors (Lipinski definition) is 1. The number of amides is 1. The third kappa shape index (κ3) is 3.21. The van der Waals surface area contributed by atoms with E-state index in [2.05, 4.69) is 20.4 Å². The summed E-state index contributed by atoms with van der Waals surface area (Å²) in [5.74, 6) is 0.586. The van der Waals surface area contributed by atoms with Crippen molar-refractivity contribution >= 4 is 11.9 Å². The molecule has 6 heteroatoms. The minimum absolute atomic E-state index is 0.238. The first-order valence-electron chi connectivity index (χ1n) is 8.10. The van der Waals surface area contributed by atoms with Crippen LogP contribution in [0.5, 0.6) is 0 Å². The summed E-state index contributed by atoms with van der Waals surface area (Å²) in [6.45, 7) is 0. The number of hydrogen-bond acceptors (Lipinski definition) is 4. The zero-order valence-corrected chi connectivity index (χ0v) is 13.8. The number of rotatable bonds is 4. The van der Waals surface area contributed by atoms with Gasteiger partial charge < -0.3 is 0 Å². The van der Waals surface area contributed by atoms with E-state index in [9.17, 15) is 4.79 Å². The molecule has 4 rings (SSSR count). The van der Waals surface area contributed by atoms with Gasteiger partial charge in [-0.2, -0.15) is 4.98 Å². The third-order valence-corrected chi connectivity index (χ3v) is 3.79. The van der Waals surface area contributed by atoms with E-state index in [1.807, 2.05) is 60.7 Å². The number of pyridine rings is 1. The summed E-state index contributed by atoms with van der Waals surface area (Å²) in [5.41, 5.74) is 2.20. The molecule has 0 bridgehead atoms. The molecule has 26 heavy (non-hydrogen) atoms. The largest absolute Gasteiger partial charge is 0.289 e. The topological polar surface area (TPSA) is 72.7 Å². The molecular formula is C20H15N5O. The summed E-state index contributed by atoms with van der Waals surface area (Å²) in [4.78, 5) is 21.0. The molecule has 4 aromatic rings. The van der Waals surface area contributed by atoms with Crippen LogP contribution in [0.15, 0.2) is 85.2 Å². The van der Waals surface area contributed by atoms with E-state index in [4.69, 9.17) is 0 Å². The molecule has 0 unspecified atom stereocenters. The SMILES string of the molecule is O=C(Nc1nc(-c2cccnc2)n(-c2ccccc2)n1)c1ccccc1. The predicted molar refractivity (Wildman–Crippen MR) is 99.0 cm³/mol. The van der Waals surface area contributed by atoms with Crippen LogP contribution in [0.3, 0.4) is 0 Å². The van der Waals surface area contributed by atoms with Gasteiger partial charge in [-0.1, -0.05) is 36.4 Å². The molecule has 0 atom stereocenters. The van der Waals surface area contributed by atoms with Gasteiger partial charge in [-0.05, 0) is 36.4 Å². The summed E-state index contributed by atoms with van der Waals surface area (Å²) in [5, 5.41) is 7.22. The molecule has 2 heterocycles. The van der Waals surface area contributed by atoms with Crippen LogP contribution in [0.1, 0.15) is 10.4 Å². The average Bonchev–Trinajstić information content (AvgIpc) is 3.14. The number of benzene rings is 2. The average molecular weight is 341 g/mol. The Kier molecular flexibility index (Phi) is 4.22. The second kappa shape index (κ2) is 6.98. The van der Waals surface area contributed by atoms with Crippen molar-refractivity contribution in [3.63, 3.8) is 0 Å². The van der Waals surface area contributed by atoms with Crippen molar-refractivity contribution in [3.05, 3.63) is 90.8 Å². The van der Waals surface area contributed by atoms with Crippen LogP contribution in [0, 0.1) is 0 Å². The summed E-state index contributed by atoms with van der Waals surface area (Å²) in [6.07, 6.45) is 3.41. The van der Waals surface area contributed by atoms with Crippen LogP contribution in [0.2, 0.25) is 0 Å². The molecule has 0 aliphatic heterocycles. The minimum Gasteiger partial charge on any atom is -0.289 e. The Bertz CT molecular complexity index is 957. The normalized spacial score (nSPS) is 10.5. The predicted octanol–water partition coefficient (Wildman–Crippen LogP) is 3.58. The molecule has 0 aliphatic rings. The highest BCUT2D eigenvalue weighted by Crippen LogP contribution is 2.22. The molecular weight excluding hydrogens is 326 g/mol. The number of carbonyl (C=O) groups excluding carboxylic acids is 1. The summed E-state index contributed by atoms with van der Waals surface area (Å²) in [7, 11) is 0. The molecule has 0 saturated heterocycles. The van der Waals surface area contributed by atoms with Crippen LogP contribution in [-0.2, 0) is 0 Å². The second-order valence-corrected chi connectivity index (χ2v) is 5.57. The summed E-state index contributed by atoms with van der Waals surface area (Å²) in [6, 6.07) is 22.3. The first-order valence-corrected chi connectivity index (χ1v) is 8.10. The van der Waals surface area contributed by atoms with E-state index >= 15 is 0 Å². The van der Waals surface area contributed by atoms with Gasteiger partial charge in [-0.15, -0.1) is 5.10 Å². The Morgan fingerprint density at radius 1 is 0.885 bits per heavy atom. The number of aromatic nitrogens is 4. The van der Waals surface area contributed by atoms with E-state index < -0.39 is 0 Å². The van der Waals surface area contributed by atoms with E-state index in [0.29, 0.717) is 11.4 Å². The standard InChI is InChI=1S/C20H15N5O/c26-19(15-8-3-1-4-9-15)23-20-22-18(16-10-7-13-21-14-16)25(24-20)17-11-5-2-6-12-17/h1-14H,(H,23,24,26). The Hall–Kier alpha value is -3.80. The van der Waals surface area contributed by atoms with Crippen molar-refractivity contribution in [1.82, 2.24) is 19.7 Å². The molecule has 6 nitrogen and oxygen atoms in total. The number of carbonyl (C=O) groups is 1. The molecule has 2 aromatic heterocycles. The number of nitrogens with zero attached hydrogens (tertiary/aromatic N) is 4. The van der Waals surface area contributed by atoms with Crippen molar-refractivity contribution in [1.29, 1.82) is 0 Å². The zero-order chi connectivity index (χ0) is 17.8.